The second kappa shape index (κ2) is 7.48. The van der Waals surface area contributed by atoms with Crippen molar-refractivity contribution in [2.24, 2.45) is 5.73 Å². The number of nitrogens with zero attached hydrogens (tertiary/aromatic N) is 2. The molecule has 132 valence electrons. The number of fused-ring (bicyclic) bond motifs is 1. The molecular weight excluding hydrogens is 350 g/mol. The van der Waals surface area contributed by atoms with Crippen LogP contribution >= 0.6 is 12.4 Å². The SMILES string of the molecule is CCOc1cc(F)c(Cn2nc(C(=N)N)c3ccccc32)c(F)c1.Cl. The maximum Gasteiger partial charge on any atom is 0.144 e. The zero-order chi connectivity index (χ0) is 17.3. The van der Waals surface area contributed by atoms with Crippen molar-refractivity contribution in [3.05, 3.63) is 59.3 Å². The average Bonchev–Trinajstić information content (AvgIpc) is 2.90. The summed E-state index contributed by atoms with van der Waals surface area (Å²) in [6.45, 7) is 1.95. The molecule has 0 spiro atoms. The predicted molar refractivity (Wildman–Crippen MR) is 94.6 cm³/mol. The Bertz CT molecular complexity index is 903. The molecule has 8 heteroatoms. The van der Waals surface area contributed by atoms with Crippen molar-refractivity contribution in [1.29, 1.82) is 5.41 Å². The molecular formula is C17H17ClF2N4O. The number of ether oxygens (including phenoxy) is 1. The minimum Gasteiger partial charge on any atom is -0.494 e. The Balaban J connectivity index is 0.00000225. The summed E-state index contributed by atoms with van der Waals surface area (Å²) in [5.41, 5.74) is 6.36. The summed E-state index contributed by atoms with van der Waals surface area (Å²) >= 11 is 0. The van der Waals surface area contributed by atoms with Crippen molar-refractivity contribution in [2.75, 3.05) is 6.61 Å². The highest BCUT2D eigenvalue weighted by Gasteiger charge is 2.17. The zero-order valence-corrected chi connectivity index (χ0v) is 14.2. The largest absolute Gasteiger partial charge is 0.494 e. The molecule has 2 aromatic carbocycles. The van der Waals surface area contributed by atoms with Crippen LogP contribution < -0.4 is 10.5 Å². The first-order valence-electron chi connectivity index (χ1n) is 7.42. The van der Waals surface area contributed by atoms with E-state index in [-0.39, 0.29) is 41.8 Å². The smallest absolute Gasteiger partial charge is 0.144 e. The Morgan fingerprint density at radius 2 is 1.88 bits per heavy atom. The van der Waals surface area contributed by atoms with Crippen molar-refractivity contribution in [1.82, 2.24) is 9.78 Å². The standard InChI is InChI=1S/C17H16F2N4O.ClH/c1-2-24-10-7-13(18)12(14(19)8-10)9-23-15-6-4-3-5-11(15)16(22-23)17(20)21;/h3-8H,2,9H2,1H3,(H3,20,21);1H. The van der Waals surface area contributed by atoms with E-state index in [2.05, 4.69) is 5.10 Å². The number of nitrogens with one attached hydrogen (secondary N) is 1. The molecule has 0 saturated carbocycles. The van der Waals surface area contributed by atoms with Crippen LogP contribution in [0.2, 0.25) is 0 Å². The van der Waals surface area contributed by atoms with Gasteiger partial charge < -0.3 is 10.5 Å². The lowest BCUT2D eigenvalue weighted by molar-refractivity contribution is 0.335. The maximum atomic E-state index is 14.3. The molecule has 25 heavy (non-hydrogen) atoms. The third-order valence-corrected chi connectivity index (χ3v) is 3.65. The van der Waals surface area contributed by atoms with Gasteiger partial charge in [-0.05, 0) is 13.0 Å². The van der Waals surface area contributed by atoms with E-state index in [0.29, 0.717) is 17.5 Å². The minimum atomic E-state index is -0.706. The number of aromatic nitrogens is 2. The van der Waals surface area contributed by atoms with Gasteiger partial charge in [0.2, 0.25) is 0 Å². The summed E-state index contributed by atoms with van der Waals surface area (Å²) in [5, 5.41) is 12.5. The van der Waals surface area contributed by atoms with Gasteiger partial charge in [0.15, 0.2) is 0 Å². The van der Waals surface area contributed by atoms with E-state index in [4.69, 9.17) is 15.9 Å². The van der Waals surface area contributed by atoms with E-state index in [1.807, 2.05) is 0 Å². The Kier molecular flexibility index (Phi) is 5.58. The summed E-state index contributed by atoms with van der Waals surface area (Å²) in [4.78, 5) is 0. The van der Waals surface area contributed by atoms with Gasteiger partial charge in [-0.25, -0.2) is 8.78 Å². The van der Waals surface area contributed by atoms with Crippen LogP contribution in [-0.4, -0.2) is 22.2 Å². The monoisotopic (exact) mass is 366 g/mol. The van der Waals surface area contributed by atoms with Crippen LogP contribution in [0.5, 0.6) is 5.75 Å². The van der Waals surface area contributed by atoms with Crippen LogP contribution in [0.4, 0.5) is 8.78 Å². The molecule has 5 nitrogen and oxygen atoms in total. The predicted octanol–water partition coefficient (Wildman–Crippen LogP) is 3.47. The summed E-state index contributed by atoms with van der Waals surface area (Å²) in [7, 11) is 0. The number of nitrogens with two attached hydrogens (primary N) is 1. The van der Waals surface area contributed by atoms with E-state index in [0.717, 1.165) is 12.1 Å². The van der Waals surface area contributed by atoms with Gasteiger partial charge in [0, 0.05) is 23.1 Å². The molecule has 0 bridgehead atoms. The summed E-state index contributed by atoms with van der Waals surface area (Å²) in [6.07, 6.45) is 0. The number of amidine groups is 1. The van der Waals surface area contributed by atoms with Crippen molar-refractivity contribution >= 4 is 29.1 Å². The zero-order valence-electron chi connectivity index (χ0n) is 13.4. The van der Waals surface area contributed by atoms with Crippen LogP contribution in [0.3, 0.4) is 0 Å². The van der Waals surface area contributed by atoms with Crippen LogP contribution in [0.1, 0.15) is 18.2 Å². The molecule has 0 saturated heterocycles. The highest BCUT2D eigenvalue weighted by atomic mass is 35.5. The quantitative estimate of drug-likeness (QED) is 0.536. The molecule has 0 aliphatic heterocycles. The number of nitrogen functional groups attached to an aromatic ring is 1. The summed E-state index contributed by atoms with van der Waals surface area (Å²) < 4.78 is 35.1. The van der Waals surface area contributed by atoms with Crippen LogP contribution in [0.15, 0.2) is 36.4 Å². The maximum absolute atomic E-state index is 14.3. The van der Waals surface area contributed by atoms with E-state index in [1.54, 1.807) is 31.2 Å². The van der Waals surface area contributed by atoms with E-state index in [9.17, 15) is 8.78 Å². The van der Waals surface area contributed by atoms with Gasteiger partial charge in [0.25, 0.3) is 0 Å². The molecule has 3 aromatic rings. The van der Waals surface area contributed by atoms with Crippen molar-refractivity contribution in [3.63, 3.8) is 0 Å². The number of hydrogen-bond acceptors (Lipinski definition) is 3. The Labute approximate surface area is 149 Å². The molecule has 1 aromatic heterocycles. The summed E-state index contributed by atoms with van der Waals surface area (Å²) in [6, 6.07) is 9.41. The molecule has 0 atom stereocenters. The molecule has 3 rings (SSSR count). The normalized spacial score (nSPS) is 10.5. The highest BCUT2D eigenvalue weighted by molar-refractivity contribution is 6.05. The minimum absolute atomic E-state index is 0. The fraction of sp³-hybridized carbons (Fsp3) is 0.176. The lowest BCUT2D eigenvalue weighted by Crippen LogP contribution is -2.13. The van der Waals surface area contributed by atoms with Crippen LogP contribution in [-0.2, 0) is 6.54 Å². The Hall–Kier alpha value is -2.67. The van der Waals surface area contributed by atoms with Gasteiger partial charge in [0.1, 0.15) is 28.9 Å². The molecule has 3 N–H and O–H groups in total. The first-order chi connectivity index (χ1) is 11.5. The summed E-state index contributed by atoms with van der Waals surface area (Å²) in [5.74, 6) is -1.46. The number of para-hydroxylation sites is 1. The number of hydrogen-bond donors (Lipinski definition) is 2. The molecule has 0 radical (unpaired) electrons. The Morgan fingerprint density at radius 3 is 2.48 bits per heavy atom. The third-order valence-electron chi connectivity index (χ3n) is 3.65. The third kappa shape index (κ3) is 3.56. The molecule has 0 fully saturated rings. The van der Waals surface area contributed by atoms with Gasteiger partial charge in [-0.3, -0.25) is 10.1 Å². The number of benzene rings is 2. The number of halogens is 3. The van der Waals surface area contributed by atoms with Crippen molar-refractivity contribution in [2.45, 2.75) is 13.5 Å². The van der Waals surface area contributed by atoms with E-state index in [1.165, 1.54) is 4.68 Å². The van der Waals surface area contributed by atoms with Gasteiger partial charge in [-0.2, -0.15) is 5.10 Å². The lowest BCUT2D eigenvalue weighted by Gasteiger charge is -2.09. The second-order valence-electron chi connectivity index (χ2n) is 5.24. The van der Waals surface area contributed by atoms with Gasteiger partial charge in [0.05, 0.1) is 18.7 Å². The molecule has 1 heterocycles. The fourth-order valence-electron chi connectivity index (χ4n) is 2.58. The van der Waals surface area contributed by atoms with Gasteiger partial charge in [-0.15, -0.1) is 12.4 Å². The number of rotatable bonds is 5. The molecule has 0 aliphatic rings. The molecule has 0 unspecified atom stereocenters. The van der Waals surface area contributed by atoms with E-state index < -0.39 is 11.6 Å². The topological polar surface area (TPSA) is 76.9 Å². The Morgan fingerprint density at radius 1 is 1.24 bits per heavy atom. The molecule has 0 amide bonds. The van der Waals surface area contributed by atoms with E-state index >= 15 is 0 Å². The second-order valence-corrected chi connectivity index (χ2v) is 5.24. The molecule has 0 aliphatic carbocycles. The first kappa shape index (κ1) is 18.7. The van der Waals surface area contributed by atoms with Crippen LogP contribution in [0.25, 0.3) is 10.9 Å². The lowest BCUT2D eigenvalue weighted by atomic mass is 10.1. The van der Waals surface area contributed by atoms with Crippen molar-refractivity contribution in [3.8, 4) is 5.75 Å². The highest BCUT2D eigenvalue weighted by Crippen LogP contribution is 2.24. The van der Waals surface area contributed by atoms with Crippen molar-refractivity contribution < 1.29 is 13.5 Å². The van der Waals surface area contributed by atoms with Gasteiger partial charge in [-0.1, -0.05) is 18.2 Å². The van der Waals surface area contributed by atoms with Gasteiger partial charge >= 0.3 is 0 Å². The average molecular weight is 367 g/mol. The fourth-order valence-corrected chi connectivity index (χ4v) is 2.58. The first-order valence-corrected chi connectivity index (χ1v) is 7.42. The van der Waals surface area contributed by atoms with Crippen LogP contribution in [0, 0.1) is 17.0 Å².